The number of aryl methyl sites for hydroxylation is 1. The second-order valence-corrected chi connectivity index (χ2v) is 8.93. The SMILES string of the molecule is Cc1ncc(C#Cc2ccc(N3CCN(C)[C@H](C)C3=O)cn2)c2cc(NC(=O)C3CC3)ncc12. The average Bonchev–Trinajstić information content (AvgIpc) is 3.69. The lowest BCUT2D eigenvalue weighted by molar-refractivity contribution is -0.124. The highest BCUT2D eigenvalue weighted by atomic mass is 16.2. The van der Waals surface area contributed by atoms with E-state index in [-0.39, 0.29) is 23.8 Å². The van der Waals surface area contributed by atoms with E-state index in [9.17, 15) is 9.59 Å². The third kappa shape index (κ3) is 4.35. The molecule has 8 nitrogen and oxygen atoms in total. The van der Waals surface area contributed by atoms with Crippen LogP contribution in [0.3, 0.4) is 0 Å². The number of nitrogens with one attached hydrogen (secondary N) is 1. The number of carbonyl (C=O) groups is 2. The van der Waals surface area contributed by atoms with Crippen LogP contribution in [0.4, 0.5) is 11.5 Å². The van der Waals surface area contributed by atoms with Gasteiger partial charge in [0.15, 0.2) is 0 Å². The largest absolute Gasteiger partial charge is 0.310 e. The number of pyridine rings is 3. The van der Waals surface area contributed by atoms with Crippen LogP contribution >= 0.6 is 0 Å². The van der Waals surface area contributed by atoms with E-state index in [0.29, 0.717) is 18.1 Å². The van der Waals surface area contributed by atoms with Gasteiger partial charge in [-0.3, -0.25) is 19.5 Å². The lowest BCUT2D eigenvalue weighted by Crippen LogP contribution is -2.54. The summed E-state index contributed by atoms with van der Waals surface area (Å²) < 4.78 is 0. The summed E-state index contributed by atoms with van der Waals surface area (Å²) in [5.41, 5.74) is 2.96. The highest BCUT2D eigenvalue weighted by Gasteiger charge is 2.30. The predicted molar refractivity (Wildman–Crippen MR) is 130 cm³/mol. The number of hydrogen-bond acceptors (Lipinski definition) is 6. The van der Waals surface area contributed by atoms with Crippen molar-refractivity contribution in [1.29, 1.82) is 0 Å². The molecule has 1 saturated heterocycles. The van der Waals surface area contributed by atoms with Crippen molar-refractivity contribution in [2.24, 2.45) is 5.92 Å². The Hall–Kier alpha value is -3.83. The first-order valence-corrected chi connectivity index (χ1v) is 11.5. The van der Waals surface area contributed by atoms with Crippen LogP contribution in [-0.2, 0) is 9.59 Å². The Labute approximate surface area is 198 Å². The molecular formula is C26H26N6O2. The van der Waals surface area contributed by atoms with E-state index in [1.54, 1.807) is 23.5 Å². The van der Waals surface area contributed by atoms with Crippen LogP contribution in [0.5, 0.6) is 0 Å². The van der Waals surface area contributed by atoms with E-state index in [2.05, 4.69) is 32.1 Å². The number of piperazine rings is 1. The maximum absolute atomic E-state index is 12.6. The molecule has 5 rings (SSSR count). The molecule has 8 heteroatoms. The van der Waals surface area contributed by atoms with Crippen LogP contribution < -0.4 is 10.2 Å². The minimum atomic E-state index is -0.149. The topological polar surface area (TPSA) is 91.3 Å². The number of rotatable bonds is 3. The zero-order valence-electron chi connectivity index (χ0n) is 19.5. The van der Waals surface area contributed by atoms with Gasteiger partial charge in [0.1, 0.15) is 11.5 Å². The molecule has 1 N–H and O–H groups in total. The number of likely N-dealkylation sites (N-methyl/N-ethyl adjacent to an activating group) is 1. The average molecular weight is 455 g/mol. The summed E-state index contributed by atoms with van der Waals surface area (Å²) in [6.45, 7) is 5.30. The lowest BCUT2D eigenvalue weighted by atomic mass is 10.1. The van der Waals surface area contributed by atoms with E-state index in [0.717, 1.165) is 47.1 Å². The highest BCUT2D eigenvalue weighted by molar-refractivity contribution is 5.98. The maximum atomic E-state index is 12.6. The smallest absolute Gasteiger partial charge is 0.244 e. The summed E-state index contributed by atoms with van der Waals surface area (Å²) in [5.74, 6) is 6.98. The van der Waals surface area contributed by atoms with E-state index in [4.69, 9.17) is 0 Å². The molecule has 0 radical (unpaired) electrons. The van der Waals surface area contributed by atoms with Gasteiger partial charge in [-0.2, -0.15) is 0 Å². The Morgan fingerprint density at radius 2 is 1.88 bits per heavy atom. The molecule has 1 atom stereocenters. The van der Waals surface area contributed by atoms with Crippen molar-refractivity contribution in [2.75, 3.05) is 30.4 Å². The molecule has 1 aliphatic heterocycles. The number of fused-ring (bicyclic) bond motifs is 1. The first-order chi connectivity index (χ1) is 16.4. The van der Waals surface area contributed by atoms with Crippen LogP contribution in [0.15, 0.2) is 36.8 Å². The van der Waals surface area contributed by atoms with Gasteiger partial charge in [-0.25, -0.2) is 9.97 Å². The molecule has 2 amide bonds. The standard InChI is InChI=1S/C26H26N6O2/c1-16-23-15-29-24(30-25(33)18-4-5-18)12-22(23)19(13-27-16)6-7-20-8-9-21(14-28-20)32-11-10-31(3)17(2)26(32)34/h8-9,12-15,17-18H,4-5,10-11H2,1-3H3,(H,29,30,33)/t17-/m1/s1. The van der Waals surface area contributed by atoms with Crippen LogP contribution in [-0.4, -0.2) is 57.8 Å². The molecule has 1 aliphatic carbocycles. The Bertz CT molecular complexity index is 1340. The van der Waals surface area contributed by atoms with Gasteiger partial charge in [0, 0.05) is 47.9 Å². The molecule has 0 aromatic carbocycles. The molecule has 3 aromatic rings. The minimum Gasteiger partial charge on any atom is -0.310 e. The van der Waals surface area contributed by atoms with Crippen molar-refractivity contribution in [3.05, 3.63) is 53.7 Å². The van der Waals surface area contributed by atoms with Crippen molar-refractivity contribution >= 4 is 34.1 Å². The summed E-state index contributed by atoms with van der Waals surface area (Å²) >= 11 is 0. The van der Waals surface area contributed by atoms with Gasteiger partial charge in [0.05, 0.1) is 23.5 Å². The number of hydrogen-bond donors (Lipinski definition) is 1. The number of aromatic nitrogens is 3. The number of anilines is 2. The van der Waals surface area contributed by atoms with Gasteiger partial charge < -0.3 is 10.2 Å². The normalized spacial score (nSPS) is 18.5. The van der Waals surface area contributed by atoms with E-state index >= 15 is 0 Å². The van der Waals surface area contributed by atoms with Crippen molar-refractivity contribution < 1.29 is 9.59 Å². The van der Waals surface area contributed by atoms with E-state index in [1.807, 2.05) is 44.0 Å². The molecule has 3 aromatic heterocycles. The number of carbonyl (C=O) groups excluding carboxylic acids is 2. The predicted octanol–water partition coefficient (Wildman–Crippen LogP) is 2.75. The Morgan fingerprint density at radius 3 is 2.62 bits per heavy atom. The summed E-state index contributed by atoms with van der Waals surface area (Å²) in [7, 11) is 1.96. The van der Waals surface area contributed by atoms with Gasteiger partial charge in [-0.05, 0) is 57.9 Å². The van der Waals surface area contributed by atoms with Crippen LogP contribution in [0, 0.1) is 24.7 Å². The molecule has 0 unspecified atom stereocenters. The van der Waals surface area contributed by atoms with Crippen molar-refractivity contribution in [3.63, 3.8) is 0 Å². The molecule has 0 spiro atoms. The van der Waals surface area contributed by atoms with Crippen molar-refractivity contribution in [3.8, 4) is 11.8 Å². The number of amides is 2. The highest BCUT2D eigenvalue weighted by Crippen LogP contribution is 2.30. The second-order valence-electron chi connectivity index (χ2n) is 8.93. The van der Waals surface area contributed by atoms with E-state index in [1.165, 1.54) is 0 Å². The number of nitrogens with zero attached hydrogens (tertiary/aromatic N) is 5. The first-order valence-electron chi connectivity index (χ1n) is 11.5. The van der Waals surface area contributed by atoms with Crippen LogP contribution in [0.2, 0.25) is 0 Å². The quantitative estimate of drug-likeness (QED) is 0.612. The van der Waals surface area contributed by atoms with Crippen LogP contribution in [0.1, 0.15) is 36.7 Å². The third-order valence-electron chi connectivity index (χ3n) is 6.52. The van der Waals surface area contributed by atoms with E-state index < -0.39 is 0 Å². The molecule has 2 aliphatic rings. The summed E-state index contributed by atoms with van der Waals surface area (Å²) in [5, 5.41) is 4.67. The summed E-state index contributed by atoms with van der Waals surface area (Å²) in [4.78, 5) is 41.9. The van der Waals surface area contributed by atoms with Crippen LogP contribution in [0.25, 0.3) is 10.8 Å². The van der Waals surface area contributed by atoms with Crippen molar-refractivity contribution in [2.45, 2.75) is 32.7 Å². The Balaban J connectivity index is 1.40. The Kier molecular flexibility index (Phi) is 5.72. The molecule has 2 fully saturated rings. The zero-order valence-corrected chi connectivity index (χ0v) is 19.5. The molecule has 0 bridgehead atoms. The Morgan fingerprint density at radius 1 is 1.06 bits per heavy atom. The molecular weight excluding hydrogens is 428 g/mol. The third-order valence-corrected chi connectivity index (χ3v) is 6.52. The fraction of sp³-hybridized carbons (Fsp3) is 0.346. The first kappa shape index (κ1) is 22.0. The fourth-order valence-corrected chi connectivity index (χ4v) is 3.99. The second kappa shape index (κ2) is 8.84. The van der Waals surface area contributed by atoms with Gasteiger partial charge in [0.2, 0.25) is 11.8 Å². The molecule has 1 saturated carbocycles. The monoisotopic (exact) mass is 454 g/mol. The lowest BCUT2D eigenvalue weighted by Gasteiger charge is -2.36. The van der Waals surface area contributed by atoms with Gasteiger partial charge in [0.25, 0.3) is 0 Å². The van der Waals surface area contributed by atoms with Gasteiger partial charge in [-0.1, -0.05) is 5.92 Å². The summed E-state index contributed by atoms with van der Waals surface area (Å²) in [6.07, 6.45) is 7.03. The zero-order chi connectivity index (χ0) is 23.8. The van der Waals surface area contributed by atoms with Gasteiger partial charge in [-0.15, -0.1) is 0 Å². The molecule has 34 heavy (non-hydrogen) atoms. The van der Waals surface area contributed by atoms with Gasteiger partial charge >= 0.3 is 0 Å². The molecule has 4 heterocycles. The van der Waals surface area contributed by atoms with Crippen molar-refractivity contribution in [1.82, 2.24) is 19.9 Å². The summed E-state index contributed by atoms with van der Waals surface area (Å²) in [6, 6.07) is 5.41. The maximum Gasteiger partial charge on any atom is 0.244 e. The molecule has 172 valence electrons. The fourth-order valence-electron chi connectivity index (χ4n) is 3.99. The minimum absolute atomic E-state index is 0.0165.